The minimum absolute atomic E-state index is 0.0222. The van der Waals surface area contributed by atoms with E-state index in [0.29, 0.717) is 16.8 Å². The maximum absolute atomic E-state index is 12.3. The summed E-state index contributed by atoms with van der Waals surface area (Å²) in [7, 11) is 0. The molecule has 0 fully saturated rings. The second-order valence-corrected chi connectivity index (χ2v) is 6.48. The SMILES string of the molecule is CC(C)(C)C(Cn1ccnc1)NC(=O)c1ccoc1Br. The van der Waals surface area contributed by atoms with Crippen molar-refractivity contribution < 1.29 is 9.21 Å². The number of carbonyl (C=O) groups is 1. The Morgan fingerprint density at radius 2 is 2.30 bits per heavy atom. The van der Waals surface area contributed by atoms with Crippen molar-refractivity contribution in [2.75, 3.05) is 0 Å². The van der Waals surface area contributed by atoms with E-state index < -0.39 is 0 Å². The lowest BCUT2D eigenvalue weighted by molar-refractivity contribution is 0.0891. The fourth-order valence-corrected chi connectivity index (χ4v) is 2.25. The molecule has 0 aromatic carbocycles. The zero-order valence-electron chi connectivity index (χ0n) is 11.8. The van der Waals surface area contributed by atoms with Gasteiger partial charge < -0.3 is 14.3 Å². The zero-order chi connectivity index (χ0) is 14.8. The molecule has 108 valence electrons. The Bertz CT molecular complexity index is 570. The number of hydrogen-bond donors (Lipinski definition) is 1. The molecule has 1 unspecified atom stereocenters. The van der Waals surface area contributed by atoms with Gasteiger partial charge in [0.15, 0.2) is 4.67 Å². The Morgan fingerprint density at radius 1 is 1.55 bits per heavy atom. The summed E-state index contributed by atoms with van der Waals surface area (Å²) in [5.41, 5.74) is 0.431. The van der Waals surface area contributed by atoms with Crippen molar-refractivity contribution in [3.8, 4) is 0 Å². The number of nitrogens with one attached hydrogen (secondary N) is 1. The van der Waals surface area contributed by atoms with Crippen LogP contribution in [0.25, 0.3) is 0 Å². The molecule has 6 heteroatoms. The molecule has 0 spiro atoms. The molecule has 2 aromatic heterocycles. The van der Waals surface area contributed by atoms with Crippen molar-refractivity contribution in [3.63, 3.8) is 0 Å². The van der Waals surface area contributed by atoms with Crippen LogP contribution in [0, 0.1) is 5.41 Å². The first-order valence-corrected chi connectivity index (χ1v) is 7.17. The third-order valence-corrected chi connectivity index (χ3v) is 3.78. The van der Waals surface area contributed by atoms with E-state index in [0.717, 1.165) is 0 Å². The molecular formula is C14H18BrN3O2. The van der Waals surface area contributed by atoms with E-state index in [1.807, 2.05) is 10.8 Å². The Morgan fingerprint density at radius 3 is 2.80 bits per heavy atom. The molecule has 1 N–H and O–H groups in total. The summed E-state index contributed by atoms with van der Waals surface area (Å²) in [6.07, 6.45) is 6.85. The summed E-state index contributed by atoms with van der Waals surface area (Å²) < 4.78 is 7.51. The second-order valence-electron chi connectivity index (χ2n) is 5.76. The van der Waals surface area contributed by atoms with E-state index in [2.05, 4.69) is 47.0 Å². The van der Waals surface area contributed by atoms with E-state index in [-0.39, 0.29) is 17.4 Å². The third kappa shape index (κ3) is 3.50. The predicted molar refractivity (Wildman–Crippen MR) is 79.3 cm³/mol. The Hall–Kier alpha value is -1.56. The average Bonchev–Trinajstić information content (AvgIpc) is 2.98. The van der Waals surface area contributed by atoms with Crippen LogP contribution in [0.4, 0.5) is 0 Å². The van der Waals surface area contributed by atoms with Crippen LogP contribution in [0.5, 0.6) is 0 Å². The smallest absolute Gasteiger partial charge is 0.256 e. The van der Waals surface area contributed by atoms with E-state index in [1.54, 1.807) is 18.6 Å². The molecule has 0 bridgehead atoms. The van der Waals surface area contributed by atoms with Crippen molar-refractivity contribution in [1.29, 1.82) is 0 Å². The molecule has 0 saturated heterocycles. The highest BCUT2D eigenvalue weighted by atomic mass is 79.9. The largest absolute Gasteiger partial charge is 0.457 e. The Balaban J connectivity index is 2.12. The summed E-state index contributed by atoms with van der Waals surface area (Å²) in [5, 5.41) is 3.06. The first-order chi connectivity index (χ1) is 9.38. The van der Waals surface area contributed by atoms with Gasteiger partial charge in [-0.25, -0.2) is 4.98 Å². The summed E-state index contributed by atoms with van der Waals surface area (Å²) in [4.78, 5) is 16.3. The summed E-state index contributed by atoms with van der Waals surface area (Å²) in [6.45, 7) is 6.96. The molecule has 0 aliphatic carbocycles. The van der Waals surface area contributed by atoms with Gasteiger partial charge in [-0.05, 0) is 27.4 Å². The van der Waals surface area contributed by atoms with Gasteiger partial charge in [-0.3, -0.25) is 4.79 Å². The van der Waals surface area contributed by atoms with Crippen LogP contribution in [0.3, 0.4) is 0 Å². The molecule has 5 nitrogen and oxygen atoms in total. The maximum Gasteiger partial charge on any atom is 0.256 e. The van der Waals surface area contributed by atoms with Crippen LogP contribution in [-0.2, 0) is 6.54 Å². The number of amides is 1. The molecule has 0 saturated carbocycles. The number of nitrogens with zero attached hydrogens (tertiary/aromatic N) is 2. The molecular weight excluding hydrogens is 322 g/mol. The van der Waals surface area contributed by atoms with Crippen molar-refractivity contribution >= 4 is 21.8 Å². The standard InChI is InChI=1S/C14H18BrN3O2/c1-14(2,3)11(8-18-6-5-16-9-18)17-13(19)10-4-7-20-12(10)15/h4-7,9,11H,8H2,1-3H3,(H,17,19). The molecule has 2 rings (SSSR count). The van der Waals surface area contributed by atoms with E-state index in [4.69, 9.17) is 4.42 Å². The number of furan rings is 1. The van der Waals surface area contributed by atoms with Gasteiger partial charge in [0.1, 0.15) is 0 Å². The maximum atomic E-state index is 12.3. The van der Waals surface area contributed by atoms with Gasteiger partial charge in [-0.1, -0.05) is 20.8 Å². The quantitative estimate of drug-likeness (QED) is 0.930. The van der Waals surface area contributed by atoms with Crippen LogP contribution < -0.4 is 5.32 Å². The van der Waals surface area contributed by atoms with Gasteiger partial charge in [0.25, 0.3) is 5.91 Å². The first-order valence-electron chi connectivity index (χ1n) is 6.37. The molecule has 0 aliphatic heterocycles. The number of halogens is 1. The van der Waals surface area contributed by atoms with E-state index in [9.17, 15) is 4.79 Å². The van der Waals surface area contributed by atoms with Gasteiger partial charge in [0.2, 0.25) is 0 Å². The Labute approximate surface area is 126 Å². The number of imidazole rings is 1. The van der Waals surface area contributed by atoms with E-state index >= 15 is 0 Å². The summed E-state index contributed by atoms with van der Waals surface area (Å²) in [5.74, 6) is -0.148. The van der Waals surface area contributed by atoms with Crippen molar-refractivity contribution in [1.82, 2.24) is 14.9 Å². The molecule has 2 aromatic rings. The minimum atomic E-state index is -0.148. The first kappa shape index (κ1) is 14.8. The second kappa shape index (κ2) is 5.83. The summed E-state index contributed by atoms with van der Waals surface area (Å²) >= 11 is 3.23. The fourth-order valence-electron chi connectivity index (χ4n) is 1.83. The van der Waals surface area contributed by atoms with Gasteiger partial charge in [-0.15, -0.1) is 0 Å². The van der Waals surface area contributed by atoms with Crippen molar-refractivity contribution in [2.45, 2.75) is 33.4 Å². The monoisotopic (exact) mass is 339 g/mol. The Kier molecular flexibility index (Phi) is 4.32. The molecule has 1 atom stereocenters. The lowest BCUT2D eigenvalue weighted by Gasteiger charge is -2.31. The molecule has 0 aliphatic rings. The minimum Gasteiger partial charge on any atom is -0.457 e. The third-order valence-electron chi connectivity index (χ3n) is 3.17. The van der Waals surface area contributed by atoms with E-state index in [1.165, 1.54) is 6.26 Å². The lowest BCUT2D eigenvalue weighted by Crippen LogP contribution is -2.46. The van der Waals surface area contributed by atoms with Gasteiger partial charge in [0.05, 0.1) is 24.2 Å². The molecule has 0 radical (unpaired) electrons. The average molecular weight is 340 g/mol. The van der Waals surface area contributed by atoms with Crippen LogP contribution in [0.2, 0.25) is 0 Å². The van der Waals surface area contributed by atoms with Crippen molar-refractivity contribution in [2.24, 2.45) is 5.41 Å². The number of rotatable bonds is 4. The van der Waals surface area contributed by atoms with Gasteiger partial charge >= 0.3 is 0 Å². The highest BCUT2D eigenvalue weighted by Gasteiger charge is 2.27. The number of aromatic nitrogens is 2. The summed E-state index contributed by atoms with van der Waals surface area (Å²) in [6, 6.07) is 1.63. The molecule has 1 amide bonds. The highest BCUT2D eigenvalue weighted by Crippen LogP contribution is 2.23. The molecule has 2 heterocycles. The fraction of sp³-hybridized carbons (Fsp3) is 0.429. The van der Waals surface area contributed by atoms with Crippen LogP contribution >= 0.6 is 15.9 Å². The van der Waals surface area contributed by atoms with Gasteiger partial charge in [0, 0.05) is 18.9 Å². The van der Waals surface area contributed by atoms with Crippen LogP contribution in [-0.4, -0.2) is 21.5 Å². The normalized spacial score (nSPS) is 13.2. The van der Waals surface area contributed by atoms with Gasteiger partial charge in [-0.2, -0.15) is 0 Å². The predicted octanol–water partition coefficient (Wildman–Crippen LogP) is 3.08. The number of carbonyl (C=O) groups excluding carboxylic acids is 1. The highest BCUT2D eigenvalue weighted by molar-refractivity contribution is 9.10. The number of hydrogen-bond acceptors (Lipinski definition) is 3. The van der Waals surface area contributed by atoms with Crippen molar-refractivity contribution in [3.05, 3.63) is 41.3 Å². The van der Waals surface area contributed by atoms with Crippen LogP contribution in [0.1, 0.15) is 31.1 Å². The van der Waals surface area contributed by atoms with Crippen LogP contribution in [0.15, 0.2) is 40.1 Å². The molecule has 20 heavy (non-hydrogen) atoms. The zero-order valence-corrected chi connectivity index (χ0v) is 13.3. The lowest BCUT2D eigenvalue weighted by atomic mass is 9.86. The topological polar surface area (TPSA) is 60.1 Å².